The zero-order valence-electron chi connectivity index (χ0n) is 14.8. The Morgan fingerprint density at radius 2 is 1.78 bits per heavy atom. The first-order valence-electron chi connectivity index (χ1n) is 8.88. The maximum atomic E-state index is 12.5. The van der Waals surface area contributed by atoms with Crippen LogP contribution in [0.4, 0.5) is 5.69 Å². The van der Waals surface area contributed by atoms with Gasteiger partial charge in [0.1, 0.15) is 10.7 Å². The summed E-state index contributed by atoms with van der Waals surface area (Å²) in [5.41, 5.74) is 1.90. The number of rotatable bonds is 5. The van der Waals surface area contributed by atoms with Gasteiger partial charge in [-0.15, -0.1) is 10.2 Å². The summed E-state index contributed by atoms with van der Waals surface area (Å²) >= 11 is 1.42. The Morgan fingerprint density at radius 3 is 2.44 bits per heavy atom. The smallest absolute Gasteiger partial charge is 0.233 e. The standard InChI is InChI=1S/C20H20N4O2S/c25-20(24-12-10-23(11-13-24)16-5-2-1-3-6-16)15-27-19-9-8-17(21-22-19)18-7-4-14-26-18/h1-9,14H,10-13,15H2. The highest BCUT2D eigenvalue weighted by atomic mass is 32.2. The van der Waals surface area contributed by atoms with Crippen LogP contribution in [0.3, 0.4) is 0 Å². The quantitative estimate of drug-likeness (QED) is 0.634. The summed E-state index contributed by atoms with van der Waals surface area (Å²) in [5, 5.41) is 9.07. The minimum absolute atomic E-state index is 0.143. The van der Waals surface area contributed by atoms with E-state index in [0.29, 0.717) is 17.2 Å². The Balaban J connectivity index is 1.26. The second kappa shape index (κ2) is 8.26. The third-order valence-corrected chi connectivity index (χ3v) is 5.42. The molecule has 0 unspecified atom stereocenters. The number of hydrogen-bond donors (Lipinski definition) is 0. The van der Waals surface area contributed by atoms with Gasteiger partial charge in [-0.25, -0.2) is 0 Å². The van der Waals surface area contributed by atoms with Crippen LogP contribution >= 0.6 is 11.8 Å². The van der Waals surface area contributed by atoms with E-state index in [-0.39, 0.29) is 5.91 Å². The lowest BCUT2D eigenvalue weighted by Crippen LogP contribution is -2.49. The van der Waals surface area contributed by atoms with E-state index in [1.807, 2.05) is 47.4 Å². The SMILES string of the molecule is O=C(CSc1ccc(-c2ccco2)nn1)N1CCN(c2ccccc2)CC1. The number of anilines is 1. The van der Waals surface area contributed by atoms with Gasteiger partial charge in [-0.1, -0.05) is 30.0 Å². The molecule has 1 saturated heterocycles. The number of piperazine rings is 1. The molecule has 0 aliphatic carbocycles. The van der Waals surface area contributed by atoms with Crippen molar-refractivity contribution in [2.45, 2.75) is 5.03 Å². The van der Waals surface area contributed by atoms with Crippen LogP contribution < -0.4 is 4.90 Å². The van der Waals surface area contributed by atoms with E-state index in [0.717, 1.165) is 31.2 Å². The predicted octanol–water partition coefficient (Wildman–Crippen LogP) is 3.18. The fourth-order valence-electron chi connectivity index (χ4n) is 3.03. The lowest BCUT2D eigenvalue weighted by atomic mass is 10.2. The average molecular weight is 380 g/mol. The van der Waals surface area contributed by atoms with Crippen LogP contribution in [-0.4, -0.2) is 52.9 Å². The lowest BCUT2D eigenvalue weighted by Gasteiger charge is -2.36. The predicted molar refractivity (Wildman–Crippen MR) is 106 cm³/mol. The second-order valence-corrected chi connectivity index (χ2v) is 7.22. The molecule has 1 aromatic carbocycles. The van der Waals surface area contributed by atoms with Gasteiger partial charge in [0, 0.05) is 31.9 Å². The number of benzene rings is 1. The molecule has 2 aromatic heterocycles. The van der Waals surface area contributed by atoms with Gasteiger partial charge in [-0.05, 0) is 36.4 Å². The summed E-state index contributed by atoms with van der Waals surface area (Å²) in [6.45, 7) is 3.21. The van der Waals surface area contributed by atoms with E-state index in [2.05, 4.69) is 27.2 Å². The van der Waals surface area contributed by atoms with Crippen molar-refractivity contribution in [3.05, 3.63) is 60.9 Å². The average Bonchev–Trinajstić information content (AvgIpc) is 3.28. The zero-order valence-corrected chi connectivity index (χ0v) is 15.6. The van der Waals surface area contributed by atoms with Crippen molar-refractivity contribution >= 4 is 23.4 Å². The minimum atomic E-state index is 0.143. The Labute approximate surface area is 162 Å². The van der Waals surface area contributed by atoms with Crippen molar-refractivity contribution in [1.29, 1.82) is 0 Å². The van der Waals surface area contributed by atoms with E-state index in [1.165, 1.54) is 17.4 Å². The molecule has 0 bridgehead atoms. The molecule has 3 aromatic rings. The summed E-state index contributed by atoms with van der Waals surface area (Å²) in [4.78, 5) is 16.7. The van der Waals surface area contributed by atoms with Gasteiger partial charge in [0.05, 0.1) is 12.0 Å². The van der Waals surface area contributed by atoms with Crippen molar-refractivity contribution in [2.24, 2.45) is 0 Å². The molecule has 4 rings (SSSR count). The highest BCUT2D eigenvalue weighted by Gasteiger charge is 2.21. The number of carbonyl (C=O) groups is 1. The van der Waals surface area contributed by atoms with Crippen molar-refractivity contribution < 1.29 is 9.21 Å². The molecule has 138 valence electrons. The molecule has 0 atom stereocenters. The van der Waals surface area contributed by atoms with E-state index < -0.39 is 0 Å². The van der Waals surface area contributed by atoms with E-state index in [1.54, 1.807) is 6.26 Å². The van der Waals surface area contributed by atoms with Gasteiger partial charge in [0.25, 0.3) is 0 Å². The van der Waals surface area contributed by atoms with Crippen molar-refractivity contribution in [3.8, 4) is 11.5 Å². The normalized spacial score (nSPS) is 14.4. The fraction of sp³-hybridized carbons (Fsp3) is 0.250. The third-order valence-electron chi connectivity index (χ3n) is 4.51. The summed E-state index contributed by atoms with van der Waals surface area (Å²) < 4.78 is 5.30. The molecular formula is C20H20N4O2S. The van der Waals surface area contributed by atoms with E-state index in [9.17, 15) is 4.79 Å². The van der Waals surface area contributed by atoms with Crippen LogP contribution in [0.2, 0.25) is 0 Å². The van der Waals surface area contributed by atoms with Gasteiger partial charge >= 0.3 is 0 Å². The summed E-state index contributed by atoms with van der Waals surface area (Å²) in [7, 11) is 0. The monoisotopic (exact) mass is 380 g/mol. The van der Waals surface area contributed by atoms with Crippen LogP contribution in [0.1, 0.15) is 0 Å². The van der Waals surface area contributed by atoms with E-state index >= 15 is 0 Å². The molecule has 7 heteroatoms. The molecule has 1 fully saturated rings. The van der Waals surface area contributed by atoms with Gasteiger partial charge in [-0.3, -0.25) is 4.79 Å². The lowest BCUT2D eigenvalue weighted by molar-refractivity contribution is -0.128. The number of aromatic nitrogens is 2. The van der Waals surface area contributed by atoms with Crippen LogP contribution in [0, 0.1) is 0 Å². The molecule has 27 heavy (non-hydrogen) atoms. The molecular weight excluding hydrogens is 360 g/mol. The molecule has 1 aliphatic heterocycles. The van der Waals surface area contributed by atoms with Gasteiger partial charge in [-0.2, -0.15) is 0 Å². The fourth-order valence-corrected chi connectivity index (χ4v) is 3.75. The van der Waals surface area contributed by atoms with Crippen LogP contribution in [0.25, 0.3) is 11.5 Å². The minimum Gasteiger partial charge on any atom is -0.463 e. The Hall–Kier alpha value is -2.80. The van der Waals surface area contributed by atoms with Gasteiger partial charge < -0.3 is 14.2 Å². The summed E-state index contributed by atoms with van der Waals surface area (Å²) in [6.07, 6.45) is 1.61. The first-order valence-corrected chi connectivity index (χ1v) is 9.86. The summed E-state index contributed by atoms with van der Waals surface area (Å²) in [6, 6.07) is 17.7. The first-order chi connectivity index (χ1) is 13.3. The highest BCUT2D eigenvalue weighted by Crippen LogP contribution is 2.21. The van der Waals surface area contributed by atoms with E-state index in [4.69, 9.17) is 4.42 Å². The number of amides is 1. The first kappa shape index (κ1) is 17.6. The third kappa shape index (κ3) is 4.31. The second-order valence-electron chi connectivity index (χ2n) is 6.23. The van der Waals surface area contributed by atoms with Crippen molar-refractivity contribution in [2.75, 3.05) is 36.8 Å². The number of hydrogen-bond acceptors (Lipinski definition) is 6. The molecule has 0 spiro atoms. The highest BCUT2D eigenvalue weighted by molar-refractivity contribution is 7.99. The maximum Gasteiger partial charge on any atom is 0.233 e. The molecule has 0 N–H and O–H groups in total. The van der Waals surface area contributed by atoms with Crippen molar-refractivity contribution in [3.63, 3.8) is 0 Å². The van der Waals surface area contributed by atoms with Gasteiger partial charge in [0.2, 0.25) is 5.91 Å². The number of thioether (sulfide) groups is 1. The van der Waals surface area contributed by atoms with Gasteiger partial charge in [0.15, 0.2) is 5.76 Å². The van der Waals surface area contributed by atoms with Crippen LogP contribution in [0.15, 0.2) is 70.3 Å². The molecule has 1 amide bonds. The number of carbonyl (C=O) groups excluding carboxylic acids is 1. The molecule has 3 heterocycles. The molecule has 6 nitrogen and oxygen atoms in total. The zero-order chi connectivity index (χ0) is 18.5. The molecule has 0 radical (unpaired) electrons. The van der Waals surface area contributed by atoms with Crippen LogP contribution in [-0.2, 0) is 4.79 Å². The maximum absolute atomic E-state index is 12.5. The largest absolute Gasteiger partial charge is 0.463 e. The molecule has 0 saturated carbocycles. The Morgan fingerprint density at radius 1 is 0.963 bits per heavy atom. The summed E-state index contributed by atoms with van der Waals surface area (Å²) in [5.74, 6) is 1.20. The number of furan rings is 1. The number of para-hydroxylation sites is 1. The number of nitrogens with zero attached hydrogens (tertiary/aromatic N) is 4. The Bertz CT molecular complexity index is 861. The molecule has 1 aliphatic rings. The topological polar surface area (TPSA) is 62.5 Å². The Kier molecular flexibility index (Phi) is 5.39. The van der Waals surface area contributed by atoms with Crippen molar-refractivity contribution in [1.82, 2.24) is 15.1 Å². The van der Waals surface area contributed by atoms with Crippen LogP contribution in [0.5, 0.6) is 0 Å².